The highest BCUT2D eigenvalue weighted by Crippen LogP contribution is 2.20. The van der Waals surface area contributed by atoms with E-state index in [0.29, 0.717) is 16.3 Å². The van der Waals surface area contributed by atoms with Gasteiger partial charge in [0.15, 0.2) is 6.04 Å². The molecule has 0 fully saturated rings. The average molecular weight is 337 g/mol. The van der Waals surface area contributed by atoms with Gasteiger partial charge in [-0.25, -0.2) is 10.9 Å². The van der Waals surface area contributed by atoms with Gasteiger partial charge in [0.1, 0.15) is 5.69 Å². The zero-order chi connectivity index (χ0) is 17.8. The molecule has 1 aromatic heterocycles. The minimum atomic E-state index is -1.17. The number of fused-ring (bicyclic) bond motifs is 1. The number of hydrazine groups is 1. The van der Waals surface area contributed by atoms with Crippen LogP contribution in [0.25, 0.3) is 10.8 Å². The van der Waals surface area contributed by atoms with E-state index in [2.05, 4.69) is 15.5 Å². The Morgan fingerprint density at radius 3 is 2.32 bits per heavy atom. The lowest BCUT2D eigenvalue weighted by Gasteiger charge is -2.18. The van der Waals surface area contributed by atoms with Gasteiger partial charge in [-0.3, -0.25) is 19.8 Å². The third-order valence-electron chi connectivity index (χ3n) is 3.71. The number of rotatable bonds is 4. The maximum Gasteiger partial charge on any atom is 0.272 e. The Morgan fingerprint density at radius 2 is 1.64 bits per heavy atom. The molecule has 8 nitrogen and oxygen atoms in total. The van der Waals surface area contributed by atoms with Gasteiger partial charge < -0.3 is 5.32 Å². The van der Waals surface area contributed by atoms with Gasteiger partial charge >= 0.3 is 0 Å². The van der Waals surface area contributed by atoms with E-state index in [9.17, 15) is 14.4 Å². The molecule has 0 saturated heterocycles. The fraction of sp³-hybridized carbons (Fsp3) is 0.0588. The number of nitrogens with two attached hydrogens (primary N) is 1. The first-order valence-electron chi connectivity index (χ1n) is 7.45. The van der Waals surface area contributed by atoms with Crippen LogP contribution in [0.15, 0.2) is 59.4 Å². The summed E-state index contributed by atoms with van der Waals surface area (Å²) in [5.41, 5.74) is 2.20. The van der Waals surface area contributed by atoms with Crippen LogP contribution in [0.2, 0.25) is 0 Å². The predicted octanol–water partition coefficient (Wildman–Crippen LogP) is 0.384. The third kappa shape index (κ3) is 3.24. The lowest BCUT2D eigenvalue weighted by molar-refractivity contribution is -0.123. The zero-order valence-electron chi connectivity index (χ0n) is 13.0. The number of nitrogens with zero attached hydrogens (tertiary/aromatic N) is 1. The molecule has 2 amide bonds. The lowest BCUT2D eigenvalue weighted by Crippen LogP contribution is -2.44. The standard InChI is InChI=1S/C17H15N5O3/c18-20-17(25)14(19-15(23)10-6-2-1-3-7-10)13-11-8-4-5-9-12(11)16(24)22-21-13/h1-9,14H,18H2,(H,19,23)(H,20,25)(H,22,24)/t14-/m0/s1. The van der Waals surface area contributed by atoms with Crippen molar-refractivity contribution in [2.45, 2.75) is 6.04 Å². The molecule has 126 valence electrons. The van der Waals surface area contributed by atoms with Gasteiger partial charge in [0.25, 0.3) is 17.4 Å². The second-order valence-corrected chi connectivity index (χ2v) is 5.26. The number of nitrogens with one attached hydrogen (secondary N) is 3. The molecule has 0 aliphatic heterocycles. The predicted molar refractivity (Wildman–Crippen MR) is 91.3 cm³/mol. The van der Waals surface area contributed by atoms with E-state index in [0.717, 1.165) is 0 Å². The molecule has 0 unspecified atom stereocenters. The molecule has 0 saturated carbocycles. The Labute approximate surface area is 142 Å². The number of amides is 2. The van der Waals surface area contributed by atoms with Crippen LogP contribution in [0.5, 0.6) is 0 Å². The molecule has 8 heteroatoms. The van der Waals surface area contributed by atoms with Crippen LogP contribution < -0.4 is 22.1 Å². The molecule has 3 aromatic rings. The number of hydrogen-bond acceptors (Lipinski definition) is 5. The summed E-state index contributed by atoms with van der Waals surface area (Å²) < 4.78 is 0. The maximum atomic E-state index is 12.4. The SMILES string of the molecule is NNC(=O)[C@@H](NC(=O)c1ccccc1)c1n[nH]c(=O)c2ccccc12. The second kappa shape index (κ2) is 6.93. The van der Waals surface area contributed by atoms with Crippen LogP contribution >= 0.6 is 0 Å². The molecule has 25 heavy (non-hydrogen) atoms. The Bertz CT molecular complexity index is 984. The van der Waals surface area contributed by atoms with E-state index < -0.39 is 17.9 Å². The number of benzene rings is 2. The molecule has 0 bridgehead atoms. The van der Waals surface area contributed by atoms with Crippen LogP contribution in [0, 0.1) is 0 Å². The Balaban J connectivity index is 2.06. The monoisotopic (exact) mass is 337 g/mol. The number of carbonyl (C=O) groups is 2. The minimum absolute atomic E-state index is 0.197. The first kappa shape index (κ1) is 16.3. The van der Waals surface area contributed by atoms with Gasteiger partial charge in [-0.2, -0.15) is 5.10 Å². The van der Waals surface area contributed by atoms with Gasteiger partial charge in [0.2, 0.25) is 0 Å². The normalized spacial score (nSPS) is 11.7. The molecule has 3 rings (SSSR count). The largest absolute Gasteiger partial charge is 0.335 e. The summed E-state index contributed by atoms with van der Waals surface area (Å²) in [6, 6.07) is 13.9. The number of hydrogen-bond donors (Lipinski definition) is 4. The number of aromatic amines is 1. The fourth-order valence-corrected chi connectivity index (χ4v) is 2.50. The molecule has 5 N–H and O–H groups in total. The number of carbonyl (C=O) groups excluding carboxylic acids is 2. The van der Waals surface area contributed by atoms with Crippen molar-refractivity contribution >= 4 is 22.6 Å². The average Bonchev–Trinajstić information content (AvgIpc) is 2.67. The van der Waals surface area contributed by atoms with Gasteiger partial charge in [0, 0.05) is 10.9 Å². The summed E-state index contributed by atoms with van der Waals surface area (Å²) in [7, 11) is 0. The Kier molecular flexibility index (Phi) is 4.53. The molecule has 0 aliphatic carbocycles. The molecular weight excluding hydrogens is 322 g/mol. The van der Waals surface area contributed by atoms with Gasteiger partial charge in [-0.05, 0) is 18.2 Å². The fourth-order valence-electron chi connectivity index (χ4n) is 2.50. The van der Waals surface area contributed by atoms with Crippen molar-refractivity contribution < 1.29 is 9.59 Å². The Morgan fingerprint density at radius 1 is 1.00 bits per heavy atom. The van der Waals surface area contributed by atoms with Crippen LogP contribution in [-0.2, 0) is 4.79 Å². The van der Waals surface area contributed by atoms with Crippen molar-refractivity contribution in [1.82, 2.24) is 20.9 Å². The Hall–Kier alpha value is -3.52. The van der Waals surface area contributed by atoms with E-state index in [1.807, 2.05) is 5.43 Å². The summed E-state index contributed by atoms with van der Waals surface area (Å²) in [5, 5.41) is 9.70. The van der Waals surface area contributed by atoms with Crippen molar-refractivity contribution in [1.29, 1.82) is 0 Å². The van der Waals surface area contributed by atoms with E-state index in [4.69, 9.17) is 5.84 Å². The summed E-state index contributed by atoms with van der Waals surface area (Å²) in [4.78, 5) is 36.6. The van der Waals surface area contributed by atoms with E-state index >= 15 is 0 Å². The molecule has 0 spiro atoms. The molecule has 2 aromatic carbocycles. The van der Waals surface area contributed by atoms with Crippen LogP contribution in [0.1, 0.15) is 22.1 Å². The quantitative estimate of drug-likeness (QED) is 0.311. The lowest BCUT2D eigenvalue weighted by atomic mass is 10.0. The molecular formula is C17H15N5O3. The van der Waals surface area contributed by atoms with E-state index in [1.165, 1.54) is 0 Å². The highest BCUT2D eigenvalue weighted by atomic mass is 16.2. The van der Waals surface area contributed by atoms with Gasteiger partial charge in [0.05, 0.1) is 5.39 Å². The highest BCUT2D eigenvalue weighted by Gasteiger charge is 2.26. The van der Waals surface area contributed by atoms with Crippen LogP contribution in [0.4, 0.5) is 0 Å². The van der Waals surface area contributed by atoms with Crippen molar-refractivity contribution in [3.63, 3.8) is 0 Å². The summed E-state index contributed by atoms with van der Waals surface area (Å²) in [6.45, 7) is 0. The second-order valence-electron chi connectivity index (χ2n) is 5.26. The summed E-state index contributed by atoms with van der Waals surface area (Å²) in [6.07, 6.45) is 0. The maximum absolute atomic E-state index is 12.4. The van der Waals surface area contributed by atoms with Crippen molar-refractivity contribution in [3.8, 4) is 0 Å². The van der Waals surface area contributed by atoms with Gasteiger partial charge in [-0.1, -0.05) is 36.4 Å². The van der Waals surface area contributed by atoms with E-state index in [1.54, 1.807) is 54.6 Å². The first-order chi connectivity index (χ1) is 12.1. The minimum Gasteiger partial charge on any atom is -0.335 e. The first-order valence-corrected chi connectivity index (χ1v) is 7.45. The highest BCUT2D eigenvalue weighted by molar-refractivity contribution is 5.99. The van der Waals surface area contributed by atoms with Crippen molar-refractivity contribution in [2.24, 2.45) is 5.84 Å². The van der Waals surface area contributed by atoms with Crippen molar-refractivity contribution in [2.75, 3.05) is 0 Å². The third-order valence-corrected chi connectivity index (χ3v) is 3.71. The molecule has 1 atom stereocenters. The van der Waals surface area contributed by atoms with Crippen LogP contribution in [-0.4, -0.2) is 22.0 Å². The van der Waals surface area contributed by atoms with Crippen LogP contribution in [0.3, 0.4) is 0 Å². The van der Waals surface area contributed by atoms with Crippen molar-refractivity contribution in [3.05, 3.63) is 76.2 Å². The topological polar surface area (TPSA) is 130 Å². The molecule has 0 radical (unpaired) electrons. The number of H-pyrrole nitrogens is 1. The molecule has 1 heterocycles. The van der Waals surface area contributed by atoms with Gasteiger partial charge in [-0.15, -0.1) is 0 Å². The summed E-state index contributed by atoms with van der Waals surface area (Å²) in [5.74, 6) is 4.12. The smallest absolute Gasteiger partial charge is 0.272 e. The van der Waals surface area contributed by atoms with E-state index in [-0.39, 0.29) is 11.3 Å². The summed E-state index contributed by atoms with van der Waals surface area (Å²) >= 11 is 0. The molecule has 0 aliphatic rings. The zero-order valence-corrected chi connectivity index (χ0v) is 13.0. The number of aromatic nitrogens is 2.